The monoisotopic (exact) mass is 1280 g/mol. The maximum atomic E-state index is 11.6. The standard InChI is InChI=1S/C10H19NO.C9H18N2O.3C9H17NO.C8H15NO3S.C8H15NO.C7H13NO/c1-9(2)10(12)11-7-5-3-4-6-8-11;1-8(2)9(12)11-6-4-10(3)5-7-11;3*1-8(2)9(11)10-6-4-3-5-7-10;1-7(2)8(10)9-3-5-13(11,12)6-4-9;1-7(2)8(10)9-5-3-4-6-9;1-6(2)7(9)8-4-3-5-8/h9H,3-8H2,1-2H3;8H,4-7H2,1-3H3;3*8H,3-7H2,1-2H3;7H,3-6H2,1-2H3;7H,3-6H2,1-2H3;6H,3-5H2,1-2H3. The van der Waals surface area contributed by atoms with Crippen LogP contribution in [0.5, 0.6) is 0 Å². The Balaban J connectivity index is 0.000000509. The van der Waals surface area contributed by atoms with Crippen molar-refractivity contribution in [2.45, 2.75) is 214 Å². The summed E-state index contributed by atoms with van der Waals surface area (Å²) in [7, 11) is -0.774. The third-order valence-electron chi connectivity index (χ3n) is 16.9. The molecule has 0 spiro atoms. The molecule has 89 heavy (non-hydrogen) atoms. The number of carbonyl (C=O) groups excluding carboxylic acids is 8. The van der Waals surface area contributed by atoms with Gasteiger partial charge in [0.15, 0.2) is 9.84 Å². The summed E-state index contributed by atoms with van der Waals surface area (Å²) in [5.74, 6) is 3.67. The van der Waals surface area contributed by atoms with E-state index in [0.29, 0.717) is 54.4 Å². The van der Waals surface area contributed by atoms with Gasteiger partial charge < -0.3 is 44.1 Å². The maximum Gasteiger partial charge on any atom is 0.225 e. The number of sulfone groups is 1. The van der Waals surface area contributed by atoms with E-state index in [1.54, 1.807) is 4.90 Å². The molecular weight excluding hydrogens is 1150 g/mol. The van der Waals surface area contributed by atoms with Crippen molar-refractivity contribution in [3.63, 3.8) is 0 Å². The zero-order chi connectivity index (χ0) is 67.4. The molecular formula is C69H131N9O10S. The Labute approximate surface area is 542 Å². The van der Waals surface area contributed by atoms with Gasteiger partial charge in [0.2, 0.25) is 47.3 Å². The number of likely N-dealkylation sites (N-methyl/N-ethyl adjacent to an activating group) is 1. The molecule has 0 aromatic rings. The van der Waals surface area contributed by atoms with E-state index in [4.69, 9.17) is 0 Å². The predicted octanol–water partition coefficient (Wildman–Crippen LogP) is 9.47. The molecule has 0 saturated carbocycles. The number of piperidine rings is 3. The normalized spacial score (nSPS) is 19.5. The van der Waals surface area contributed by atoms with Crippen molar-refractivity contribution < 1.29 is 46.8 Å². The molecule has 0 aliphatic carbocycles. The molecule has 0 aromatic carbocycles. The second-order valence-corrected chi connectivity index (χ2v) is 30.3. The molecule has 0 aromatic heterocycles. The van der Waals surface area contributed by atoms with Crippen LogP contribution in [-0.2, 0) is 48.2 Å². The molecule has 8 saturated heterocycles. The first-order valence-electron chi connectivity index (χ1n) is 35.0. The van der Waals surface area contributed by atoms with Crippen LogP contribution < -0.4 is 0 Å². The number of nitrogens with zero attached hydrogens (tertiary/aromatic N) is 9. The van der Waals surface area contributed by atoms with E-state index < -0.39 is 9.84 Å². The molecule has 0 bridgehead atoms. The summed E-state index contributed by atoms with van der Waals surface area (Å²) in [5, 5.41) is 0. The van der Waals surface area contributed by atoms with Crippen LogP contribution in [0.4, 0.5) is 0 Å². The van der Waals surface area contributed by atoms with Gasteiger partial charge in [0.05, 0.1) is 11.5 Å². The van der Waals surface area contributed by atoms with Crippen molar-refractivity contribution in [1.82, 2.24) is 44.1 Å². The molecule has 8 aliphatic rings. The van der Waals surface area contributed by atoms with Crippen LogP contribution in [0.1, 0.15) is 214 Å². The highest BCUT2D eigenvalue weighted by Gasteiger charge is 2.28. The zero-order valence-electron chi connectivity index (χ0n) is 59.6. The van der Waals surface area contributed by atoms with E-state index in [1.807, 2.05) is 145 Å². The lowest BCUT2D eigenvalue weighted by molar-refractivity contribution is -0.138. The first kappa shape index (κ1) is 82.7. The van der Waals surface area contributed by atoms with Crippen molar-refractivity contribution in [2.24, 2.45) is 47.3 Å². The molecule has 8 amide bonds. The van der Waals surface area contributed by atoms with Gasteiger partial charge in [0.1, 0.15) is 0 Å². The Bertz CT molecular complexity index is 2050. The van der Waals surface area contributed by atoms with Gasteiger partial charge in [-0.3, -0.25) is 38.4 Å². The van der Waals surface area contributed by atoms with Gasteiger partial charge in [-0.2, -0.15) is 0 Å². The zero-order valence-corrected chi connectivity index (χ0v) is 60.4. The fraction of sp³-hybridized carbons (Fsp3) is 0.884. The predicted molar refractivity (Wildman–Crippen MR) is 361 cm³/mol. The van der Waals surface area contributed by atoms with Crippen molar-refractivity contribution >= 4 is 57.1 Å². The second-order valence-electron chi connectivity index (χ2n) is 28.0. The minimum absolute atomic E-state index is 0.0409. The van der Waals surface area contributed by atoms with Gasteiger partial charge in [-0.1, -0.05) is 124 Å². The minimum atomic E-state index is -2.87. The van der Waals surface area contributed by atoms with Gasteiger partial charge in [-0.15, -0.1) is 0 Å². The Hall–Kier alpha value is -4.33. The molecule has 8 aliphatic heterocycles. The van der Waals surface area contributed by atoms with Gasteiger partial charge in [0, 0.05) is 165 Å². The van der Waals surface area contributed by atoms with Gasteiger partial charge in [-0.05, 0) is 96.9 Å². The lowest BCUT2D eigenvalue weighted by Crippen LogP contribution is -2.48. The first-order valence-corrected chi connectivity index (χ1v) is 36.8. The molecule has 0 radical (unpaired) electrons. The molecule has 8 fully saturated rings. The van der Waals surface area contributed by atoms with Crippen LogP contribution in [0.15, 0.2) is 0 Å². The highest BCUT2D eigenvalue weighted by molar-refractivity contribution is 7.91. The lowest BCUT2D eigenvalue weighted by atomic mass is 10.1. The summed E-state index contributed by atoms with van der Waals surface area (Å²) >= 11 is 0. The lowest BCUT2D eigenvalue weighted by Gasteiger charge is -2.33. The summed E-state index contributed by atoms with van der Waals surface area (Å²) in [5.41, 5.74) is 0. The molecule has 19 nitrogen and oxygen atoms in total. The molecule has 0 N–H and O–H groups in total. The Morgan fingerprint density at radius 2 is 0.360 bits per heavy atom. The quantitative estimate of drug-likeness (QED) is 0.224. The number of piperazine rings is 1. The molecule has 8 heterocycles. The largest absolute Gasteiger partial charge is 0.342 e. The number of rotatable bonds is 8. The van der Waals surface area contributed by atoms with Crippen LogP contribution in [0.2, 0.25) is 0 Å². The highest BCUT2D eigenvalue weighted by Crippen LogP contribution is 2.17. The van der Waals surface area contributed by atoms with E-state index in [2.05, 4.69) is 11.9 Å². The average molecular weight is 1280 g/mol. The van der Waals surface area contributed by atoms with Crippen molar-refractivity contribution in [2.75, 3.05) is 136 Å². The average Bonchev–Trinajstić information content (AvgIpc) is 4.00. The van der Waals surface area contributed by atoms with Crippen molar-refractivity contribution in [1.29, 1.82) is 0 Å². The third kappa shape index (κ3) is 34.2. The van der Waals surface area contributed by atoms with Crippen molar-refractivity contribution in [3.05, 3.63) is 0 Å². The van der Waals surface area contributed by atoms with Crippen molar-refractivity contribution in [3.8, 4) is 0 Å². The molecule has 8 rings (SSSR count). The fourth-order valence-corrected chi connectivity index (χ4v) is 12.2. The number of amides is 8. The summed E-state index contributed by atoms with van der Waals surface area (Å²) in [4.78, 5) is 109. The van der Waals surface area contributed by atoms with E-state index >= 15 is 0 Å². The summed E-state index contributed by atoms with van der Waals surface area (Å²) in [6.07, 6.45) is 19.6. The maximum absolute atomic E-state index is 11.6. The Kier molecular flexibility index (Phi) is 41.8. The van der Waals surface area contributed by atoms with E-state index in [1.165, 1.54) is 103 Å². The Morgan fingerprint density at radius 1 is 0.213 bits per heavy atom. The van der Waals surface area contributed by atoms with Crippen LogP contribution >= 0.6 is 0 Å². The van der Waals surface area contributed by atoms with E-state index in [9.17, 15) is 46.8 Å². The number of hydrogen-bond donors (Lipinski definition) is 0. The number of hydrogen-bond acceptors (Lipinski definition) is 11. The number of carbonyl (C=O) groups is 8. The second kappa shape index (κ2) is 45.0. The van der Waals surface area contributed by atoms with Crippen LogP contribution in [0, 0.1) is 47.3 Å². The van der Waals surface area contributed by atoms with E-state index in [0.717, 1.165) is 105 Å². The van der Waals surface area contributed by atoms with Crippen LogP contribution in [-0.4, -0.2) is 236 Å². The third-order valence-corrected chi connectivity index (χ3v) is 18.5. The highest BCUT2D eigenvalue weighted by atomic mass is 32.2. The van der Waals surface area contributed by atoms with Gasteiger partial charge in [0.25, 0.3) is 0 Å². The fourth-order valence-electron chi connectivity index (χ4n) is 11.0. The van der Waals surface area contributed by atoms with Gasteiger partial charge >= 0.3 is 0 Å². The summed E-state index contributed by atoms with van der Waals surface area (Å²) in [6, 6.07) is 0. The molecule has 518 valence electrons. The number of likely N-dealkylation sites (tertiary alicyclic amines) is 6. The van der Waals surface area contributed by atoms with E-state index in [-0.39, 0.29) is 64.8 Å². The molecule has 0 unspecified atom stereocenters. The SMILES string of the molecule is CC(C)C(=O)N1CCC1.CC(C)C(=O)N1CCCC1.CC(C)C(=O)N1CCCCC1.CC(C)C(=O)N1CCCCC1.CC(C)C(=O)N1CCCCC1.CC(C)C(=O)N1CCCCCC1.CC(C)C(=O)N1CCN(C)CC1.CC(C)C(=O)N1CCS(=O)(=O)CC1. The first-order chi connectivity index (χ1) is 41.8. The summed E-state index contributed by atoms with van der Waals surface area (Å²) in [6.45, 7) is 47.5. The Morgan fingerprint density at radius 3 is 0.528 bits per heavy atom. The summed E-state index contributed by atoms with van der Waals surface area (Å²) < 4.78 is 22.1. The smallest absolute Gasteiger partial charge is 0.225 e. The van der Waals surface area contributed by atoms with Crippen LogP contribution in [0.3, 0.4) is 0 Å². The van der Waals surface area contributed by atoms with Crippen LogP contribution in [0.25, 0.3) is 0 Å². The minimum Gasteiger partial charge on any atom is -0.342 e. The molecule has 20 heteroatoms. The van der Waals surface area contributed by atoms with Gasteiger partial charge in [-0.25, -0.2) is 8.42 Å². The molecule has 0 atom stereocenters. The topological polar surface area (TPSA) is 200 Å².